The summed E-state index contributed by atoms with van der Waals surface area (Å²) in [6.07, 6.45) is 6.19. The van der Waals surface area contributed by atoms with Crippen molar-refractivity contribution in [3.63, 3.8) is 0 Å². The van der Waals surface area contributed by atoms with Crippen LogP contribution in [0.4, 0.5) is 11.5 Å². The van der Waals surface area contributed by atoms with Gasteiger partial charge >= 0.3 is 0 Å². The highest BCUT2D eigenvalue weighted by atomic mass is 16.1. The van der Waals surface area contributed by atoms with Crippen molar-refractivity contribution in [1.29, 1.82) is 0 Å². The van der Waals surface area contributed by atoms with Crippen molar-refractivity contribution < 1.29 is 4.79 Å². The number of nitrogens with zero attached hydrogens (tertiary/aromatic N) is 6. The van der Waals surface area contributed by atoms with E-state index in [2.05, 4.69) is 30.3 Å². The lowest BCUT2D eigenvalue weighted by Crippen LogP contribution is -2.38. The van der Waals surface area contributed by atoms with Gasteiger partial charge in [-0.1, -0.05) is 17.7 Å². The molecule has 1 saturated heterocycles. The van der Waals surface area contributed by atoms with Crippen molar-refractivity contribution in [2.45, 2.75) is 19.8 Å². The molecule has 8 heteroatoms. The van der Waals surface area contributed by atoms with Gasteiger partial charge in [0.05, 0.1) is 0 Å². The molecule has 1 aromatic carbocycles. The number of nitrogens with one attached hydrogen (secondary N) is 1. The van der Waals surface area contributed by atoms with Gasteiger partial charge in [-0.2, -0.15) is 5.10 Å². The second-order valence-corrected chi connectivity index (χ2v) is 6.69. The number of aromatic nitrogens is 5. The van der Waals surface area contributed by atoms with Crippen LogP contribution >= 0.6 is 0 Å². The van der Waals surface area contributed by atoms with Crippen molar-refractivity contribution in [3.8, 4) is 5.82 Å². The summed E-state index contributed by atoms with van der Waals surface area (Å²) >= 11 is 0. The van der Waals surface area contributed by atoms with E-state index in [0.717, 1.165) is 37.4 Å². The molecule has 1 fully saturated rings. The number of hydrogen-bond acceptors (Lipinski definition) is 6. The van der Waals surface area contributed by atoms with Crippen LogP contribution in [0.3, 0.4) is 0 Å². The van der Waals surface area contributed by atoms with Crippen LogP contribution in [0.25, 0.3) is 5.82 Å². The fraction of sp³-hybridized carbons (Fsp3) is 0.316. The number of rotatable bonds is 4. The molecule has 0 saturated carbocycles. The summed E-state index contributed by atoms with van der Waals surface area (Å²) in [7, 11) is 0. The zero-order valence-electron chi connectivity index (χ0n) is 15.1. The molecule has 0 atom stereocenters. The van der Waals surface area contributed by atoms with Gasteiger partial charge < -0.3 is 10.2 Å². The second kappa shape index (κ2) is 7.53. The summed E-state index contributed by atoms with van der Waals surface area (Å²) in [5, 5.41) is 7.12. The first kappa shape index (κ1) is 17.1. The van der Waals surface area contributed by atoms with E-state index in [4.69, 9.17) is 0 Å². The minimum atomic E-state index is 0.0131. The summed E-state index contributed by atoms with van der Waals surface area (Å²) < 4.78 is 1.60. The molecule has 3 aromatic rings. The Morgan fingerprint density at radius 3 is 2.52 bits per heavy atom. The lowest BCUT2D eigenvalue weighted by atomic mass is 9.95. The maximum Gasteiger partial charge on any atom is 0.227 e. The van der Waals surface area contributed by atoms with Crippen LogP contribution in [0.1, 0.15) is 18.4 Å². The Hall–Kier alpha value is -3.29. The fourth-order valence-electron chi connectivity index (χ4n) is 3.21. The van der Waals surface area contributed by atoms with Gasteiger partial charge in [-0.05, 0) is 31.9 Å². The number of carbonyl (C=O) groups excluding carboxylic acids is 1. The highest BCUT2D eigenvalue weighted by Crippen LogP contribution is 2.24. The highest BCUT2D eigenvalue weighted by molar-refractivity contribution is 5.92. The minimum Gasteiger partial charge on any atom is -0.356 e. The van der Waals surface area contributed by atoms with E-state index in [1.807, 2.05) is 37.3 Å². The lowest BCUT2D eigenvalue weighted by molar-refractivity contribution is -0.120. The summed E-state index contributed by atoms with van der Waals surface area (Å²) in [6.45, 7) is 3.59. The van der Waals surface area contributed by atoms with Gasteiger partial charge in [0.15, 0.2) is 5.82 Å². The van der Waals surface area contributed by atoms with Gasteiger partial charge in [-0.25, -0.2) is 19.6 Å². The van der Waals surface area contributed by atoms with Crippen LogP contribution in [0.5, 0.6) is 0 Å². The standard InChI is InChI=1S/C19H21N7O/c1-14-2-4-16(5-3-14)24-19(27)15-6-8-25(9-7-15)17-10-18(22-12-21-17)26-13-20-11-23-26/h2-5,10-13,15H,6-9H2,1H3,(H,24,27). The third-order valence-corrected chi connectivity index (χ3v) is 4.80. The van der Waals surface area contributed by atoms with Crippen LogP contribution < -0.4 is 10.2 Å². The minimum absolute atomic E-state index is 0.0131. The van der Waals surface area contributed by atoms with Crippen molar-refractivity contribution >= 4 is 17.4 Å². The number of piperidine rings is 1. The highest BCUT2D eigenvalue weighted by Gasteiger charge is 2.26. The molecule has 1 amide bonds. The predicted octanol–water partition coefficient (Wildman–Crippen LogP) is 2.22. The molecule has 0 unspecified atom stereocenters. The van der Waals surface area contributed by atoms with E-state index in [9.17, 15) is 4.79 Å². The van der Waals surface area contributed by atoms with Crippen LogP contribution in [0, 0.1) is 12.8 Å². The Labute approximate surface area is 157 Å². The number of aryl methyl sites for hydroxylation is 1. The van der Waals surface area contributed by atoms with E-state index in [0.29, 0.717) is 5.82 Å². The Morgan fingerprint density at radius 1 is 1.07 bits per heavy atom. The maximum atomic E-state index is 12.5. The van der Waals surface area contributed by atoms with Crippen LogP contribution in [-0.4, -0.2) is 43.7 Å². The molecule has 4 rings (SSSR count). The first-order valence-electron chi connectivity index (χ1n) is 8.98. The third-order valence-electron chi connectivity index (χ3n) is 4.80. The van der Waals surface area contributed by atoms with Crippen molar-refractivity contribution in [1.82, 2.24) is 24.7 Å². The molecular weight excluding hydrogens is 342 g/mol. The molecule has 0 bridgehead atoms. The average Bonchev–Trinajstić information content (AvgIpc) is 3.25. The van der Waals surface area contributed by atoms with Gasteiger partial charge in [0.2, 0.25) is 5.91 Å². The largest absolute Gasteiger partial charge is 0.356 e. The van der Waals surface area contributed by atoms with Crippen molar-refractivity contribution in [2.24, 2.45) is 5.92 Å². The Kier molecular flexibility index (Phi) is 4.78. The number of carbonyl (C=O) groups is 1. The van der Waals surface area contributed by atoms with Crippen LogP contribution in [0.15, 0.2) is 49.3 Å². The van der Waals surface area contributed by atoms with Gasteiger partial charge in [0, 0.05) is 30.8 Å². The first-order valence-corrected chi connectivity index (χ1v) is 8.98. The summed E-state index contributed by atoms with van der Waals surface area (Å²) in [6, 6.07) is 9.77. The molecule has 0 spiro atoms. The Balaban J connectivity index is 1.37. The molecule has 1 aliphatic heterocycles. The zero-order chi connectivity index (χ0) is 18.6. The van der Waals surface area contributed by atoms with Gasteiger partial charge in [-0.15, -0.1) is 0 Å². The van der Waals surface area contributed by atoms with E-state index >= 15 is 0 Å². The van der Waals surface area contributed by atoms with Crippen molar-refractivity contribution in [3.05, 3.63) is 54.9 Å². The molecule has 1 aliphatic rings. The second-order valence-electron chi connectivity index (χ2n) is 6.69. The Bertz CT molecular complexity index is 900. The number of anilines is 2. The number of benzene rings is 1. The molecule has 3 heterocycles. The smallest absolute Gasteiger partial charge is 0.227 e. The fourth-order valence-corrected chi connectivity index (χ4v) is 3.21. The lowest BCUT2D eigenvalue weighted by Gasteiger charge is -2.32. The SMILES string of the molecule is Cc1ccc(NC(=O)C2CCN(c3cc(-n4cncn4)ncn3)CC2)cc1. The summed E-state index contributed by atoms with van der Waals surface area (Å²) in [4.78, 5) is 27.3. The van der Waals surface area contributed by atoms with Crippen LogP contribution in [0.2, 0.25) is 0 Å². The quantitative estimate of drug-likeness (QED) is 0.765. The van der Waals surface area contributed by atoms with E-state index in [1.165, 1.54) is 18.2 Å². The zero-order valence-corrected chi connectivity index (χ0v) is 15.1. The predicted molar refractivity (Wildman–Crippen MR) is 102 cm³/mol. The molecule has 2 aromatic heterocycles. The van der Waals surface area contributed by atoms with E-state index in [1.54, 1.807) is 11.0 Å². The topological polar surface area (TPSA) is 88.8 Å². The number of amides is 1. The third kappa shape index (κ3) is 3.94. The maximum absolute atomic E-state index is 12.5. The molecular formula is C19H21N7O. The molecule has 27 heavy (non-hydrogen) atoms. The van der Waals surface area contributed by atoms with E-state index < -0.39 is 0 Å². The molecule has 0 aliphatic carbocycles. The first-order chi connectivity index (χ1) is 13.2. The molecule has 0 radical (unpaired) electrons. The molecule has 8 nitrogen and oxygen atoms in total. The van der Waals surface area contributed by atoms with E-state index in [-0.39, 0.29) is 11.8 Å². The van der Waals surface area contributed by atoms with Gasteiger partial charge in [-0.3, -0.25) is 4.79 Å². The summed E-state index contributed by atoms with van der Waals surface area (Å²) in [5.74, 6) is 1.62. The average molecular weight is 363 g/mol. The molecule has 1 N–H and O–H groups in total. The monoisotopic (exact) mass is 363 g/mol. The summed E-state index contributed by atoms with van der Waals surface area (Å²) in [5.41, 5.74) is 2.03. The number of hydrogen-bond donors (Lipinski definition) is 1. The van der Waals surface area contributed by atoms with Gasteiger partial charge in [0.25, 0.3) is 0 Å². The van der Waals surface area contributed by atoms with Crippen LogP contribution in [-0.2, 0) is 4.79 Å². The Morgan fingerprint density at radius 2 is 1.81 bits per heavy atom. The normalized spacial score (nSPS) is 14.9. The van der Waals surface area contributed by atoms with Crippen molar-refractivity contribution in [2.75, 3.05) is 23.3 Å². The van der Waals surface area contributed by atoms with Gasteiger partial charge in [0.1, 0.15) is 24.8 Å². The molecule has 138 valence electrons.